The van der Waals surface area contributed by atoms with Crippen molar-refractivity contribution in [3.63, 3.8) is 0 Å². The minimum atomic E-state index is -0.0268. The molecular formula is C21H23N5O3. The maximum Gasteiger partial charge on any atom is 0.320 e. The third-order valence-electron chi connectivity index (χ3n) is 6.13. The first-order chi connectivity index (χ1) is 14.1. The summed E-state index contributed by atoms with van der Waals surface area (Å²) in [5.41, 5.74) is 0.922. The largest absolute Gasteiger partial charge is 0.487 e. The number of benzene rings is 1. The van der Waals surface area contributed by atoms with E-state index in [2.05, 4.69) is 26.9 Å². The molecule has 2 bridgehead atoms. The van der Waals surface area contributed by atoms with Crippen LogP contribution in [-0.2, 0) is 4.74 Å². The van der Waals surface area contributed by atoms with E-state index < -0.39 is 0 Å². The summed E-state index contributed by atoms with van der Waals surface area (Å²) in [6.07, 6.45) is 5.37. The zero-order chi connectivity index (χ0) is 19.6. The van der Waals surface area contributed by atoms with Crippen molar-refractivity contribution in [3.8, 4) is 17.6 Å². The summed E-state index contributed by atoms with van der Waals surface area (Å²) in [5, 5.41) is 5.62. The molecule has 6 rings (SSSR count). The summed E-state index contributed by atoms with van der Waals surface area (Å²) < 4.78 is 19.1. The first-order valence-corrected chi connectivity index (χ1v) is 10.1. The van der Waals surface area contributed by atoms with Gasteiger partial charge in [0.25, 0.3) is 0 Å². The number of ether oxygens (including phenoxy) is 3. The molecule has 2 atom stereocenters. The number of fused-ring (bicyclic) bond motifs is 3. The molecule has 3 aliphatic rings. The predicted octanol–water partition coefficient (Wildman–Crippen LogP) is 2.73. The van der Waals surface area contributed by atoms with Crippen molar-refractivity contribution in [1.82, 2.24) is 19.7 Å². The highest BCUT2D eigenvalue weighted by atomic mass is 16.5. The normalized spacial score (nSPS) is 24.3. The zero-order valence-electron chi connectivity index (χ0n) is 16.5. The molecule has 4 heterocycles. The molecular weight excluding hydrogens is 370 g/mol. The van der Waals surface area contributed by atoms with Gasteiger partial charge in [0.05, 0.1) is 37.6 Å². The molecule has 0 amide bonds. The molecule has 0 unspecified atom stereocenters. The van der Waals surface area contributed by atoms with E-state index in [1.807, 2.05) is 35.1 Å². The van der Waals surface area contributed by atoms with Crippen LogP contribution in [0.5, 0.6) is 11.8 Å². The lowest BCUT2D eigenvalue weighted by molar-refractivity contribution is 0.0988. The number of hydrogen-bond acceptors (Lipinski definition) is 7. The van der Waals surface area contributed by atoms with Crippen LogP contribution < -0.4 is 14.4 Å². The molecule has 150 valence electrons. The number of rotatable bonds is 5. The second-order valence-corrected chi connectivity index (χ2v) is 8.40. The average molecular weight is 393 g/mol. The predicted molar refractivity (Wildman–Crippen MR) is 107 cm³/mol. The Labute approximate surface area is 168 Å². The van der Waals surface area contributed by atoms with Crippen molar-refractivity contribution in [2.45, 2.75) is 43.9 Å². The van der Waals surface area contributed by atoms with E-state index in [1.165, 1.54) is 0 Å². The van der Waals surface area contributed by atoms with Gasteiger partial charge in [0.1, 0.15) is 17.2 Å². The number of nitrogens with zero attached hydrogens (tertiary/aromatic N) is 5. The van der Waals surface area contributed by atoms with Gasteiger partial charge < -0.3 is 19.1 Å². The Kier molecular flexibility index (Phi) is 3.56. The molecule has 1 aliphatic carbocycles. The first-order valence-electron chi connectivity index (χ1n) is 10.1. The van der Waals surface area contributed by atoms with Gasteiger partial charge in [-0.15, -0.1) is 0 Å². The zero-order valence-corrected chi connectivity index (χ0v) is 16.5. The standard InChI is InChI=1S/C21H23N5O3/c1-21(5-6-21)29-15-4-3-13-10-22-26(17(13)8-15)19-9-18(23-20(24-19)27-2)25-11-16-7-14(25)12-28-16/h3-4,8-10,14,16H,5-7,11-12H2,1-2H3/t14-,16-/m1/s1. The molecule has 1 saturated carbocycles. The van der Waals surface area contributed by atoms with Crippen LogP contribution in [-0.4, -0.2) is 57.8 Å². The third kappa shape index (κ3) is 2.90. The SMILES string of the molecule is COc1nc(N2C[C@H]3C[C@@H]2CO3)cc(-n2ncc3ccc(OC4(C)CC4)cc32)n1. The highest BCUT2D eigenvalue weighted by Gasteiger charge is 2.41. The van der Waals surface area contributed by atoms with Crippen molar-refractivity contribution in [1.29, 1.82) is 0 Å². The van der Waals surface area contributed by atoms with Crippen molar-refractivity contribution >= 4 is 16.7 Å². The molecule has 29 heavy (non-hydrogen) atoms. The minimum absolute atomic E-state index is 0.0268. The second kappa shape index (κ2) is 6.06. The maximum atomic E-state index is 6.14. The van der Waals surface area contributed by atoms with Crippen molar-refractivity contribution in [3.05, 3.63) is 30.5 Å². The molecule has 3 aromatic rings. The number of hydrogen-bond donors (Lipinski definition) is 0. The second-order valence-electron chi connectivity index (χ2n) is 8.40. The van der Waals surface area contributed by atoms with Crippen molar-refractivity contribution in [2.75, 3.05) is 25.2 Å². The first kappa shape index (κ1) is 17.0. The summed E-state index contributed by atoms with van der Waals surface area (Å²) >= 11 is 0. The van der Waals surface area contributed by atoms with Crippen LogP contribution in [0, 0.1) is 0 Å². The topological polar surface area (TPSA) is 74.5 Å². The Morgan fingerprint density at radius 3 is 2.76 bits per heavy atom. The summed E-state index contributed by atoms with van der Waals surface area (Å²) in [6, 6.07) is 8.75. The van der Waals surface area contributed by atoms with Gasteiger partial charge in [-0.3, -0.25) is 0 Å². The fraction of sp³-hybridized carbons (Fsp3) is 0.476. The van der Waals surface area contributed by atoms with E-state index in [1.54, 1.807) is 7.11 Å². The molecule has 8 heteroatoms. The van der Waals surface area contributed by atoms with Gasteiger partial charge in [-0.05, 0) is 38.3 Å². The number of methoxy groups -OCH3 is 1. The Balaban J connectivity index is 1.41. The average Bonchev–Trinajstić information content (AvgIpc) is 3.14. The van der Waals surface area contributed by atoms with Crippen LogP contribution in [0.1, 0.15) is 26.2 Å². The van der Waals surface area contributed by atoms with Gasteiger partial charge in [0.2, 0.25) is 0 Å². The summed E-state index contributed by atoms with van der Waals surface area (Å²) in [7, 11) is 1.59. The Morgan fingerprint density at radius 1 is 1.17 bits per heavy atom. The smallest absolute Gasteiger partial charge is 0.320 e. The van der Waals surface area contributed by atoms with E-state index in [0.717, 1.165) is 54.9 Å². The van der Waals surface area contributed by atoms with Crippen LogP contribution in [0.2, 0.25) is 0 Å². The van der Waals surface area contributed by atoms with Crippen LogP contribution in [0.3, 0.4) is 0 Å². The van der Waals surface area contributed by atoms with Crippen LogP contribution in [0.15, 0.2) is 30.5 Å². The maximum absolute atomic E-state index is 6.14. The number of aromatic nitrogens is 4. The fourth-order valence-corrected chi connectivity index (χ4v) is 4.24. The fourth-order valence-electron chi connectivity index (χ4n) is 4.24. The van der Waals surface area contributed by atoms with Crippen molar-refractivity contribution < 1.29 is 14.2 Å². The van der Waals surface area contributed by atoms with Gasteiger partial charge >= 0.3 is 6.01 Å². The van der Waals surface area contributed by atoms with Gasteiger partial charge in [0.15, 0.2) is 5.82 Å². The van der Waals surface area contributed by atoms with Gasteiger partial charge in [-0.1, -0.05) is 0 Å². The van der Waals surface area contributed by atoms with Gasteiger partial charge in [-0.25, -0.2) is 4.68 Å². The lowest BCUT2D eigenvalue weighted by atomic mass is 10.2. The lowest BCUT2D eigenvalue weighted by Crippen LogP contribution is -2.37. The highest BCUT2D eigenvalue weighted by molar-refractivity contribution is 5.81. The van der Waals surface area contributed by atoms with Crippen molar-refractivity contribution in [2.24, 2.45) is 0 Å². The van der Waals surface area contributed by atoms with E-state index >= 15 is 0 Å². The van der Waals surface area contributed by atoms with E-state index in [0.29, 0.717) is 24.0 Å². The molecule has 0 spiro atoms. The molecule has 0 radical (unpaired) electrons. The summed E-state index contributed by atoms with van der Waals surface area (Å²) in [4.78, 5) is 11.4. The van der Waals surface area contributed by atoms with Gasteiger partial charge in [-0.2, -0.15) is 15.1 Å². The molecule has 1 aromatic carbocycles. The number of anilines is 1. The monoisotopic (exact) mass is 393 g/mol. The molecule has 2 aromatic heterocycles. The van der Waals surface area contributed by atoms with Crippen LogP contribution >= 0.6 is 0 Å². The van der Waals surface area contributed by atoms with Gasteiger partial charge in [0, 0.05) is 24.1 Å². The molecule has 0 N–H and O–H groups in total. The van der Waals surface area contributed by atoms with E-state index in [4.69, 9.17) is 14.2 Å². The number of morpholine rings is 1. The molecule has 8 nitrogen and oxygen atoms in total. The lowest BCUT2D eigenvalue weighted by Gasteiger charge is -2.28. The summed E-state index contributed by atoms with van der Waals surface area (Å²) in [6.45, 7) is 3.74. The van der Waals surface area contributed by atoms with Crippen LogP contribution in [0.25, 0.3) is 16.7 Å². The Bertz CT molecular complexity index is 1090. The quantitative estimate of drug-likeness (QED) is 0.660. The highest BCUT2D eigenvalue weighted by Crippen LogP contribution is 2.40. The van der Waals surface area contributed by atoms with Crippen LogP contribution in [0.4, 0.5) is 5.82 Å². The summed E-state index contributed by atoms with van der Waals surface area (Å²) in [5.74, 6) is 2.39. The molecule has 2 aliphatic heterocycles. The van der Waals surface area contributed by atoms with E-state index in [9.17, 15) is 0 Å². The Hall–Kier alpha value is -2.87. The van der Waals surface area contributed by atoms with E-state index in [-0.39, 0.29) is 5.60 Å². The Morgan fingerprint density at radius 2 is 2.03 bits per heavy atom. The molecule has 2 saturated heterocycles. The third-order valence-corrected chi connectivity index (χ3v) is 6.13. The minimum Gasteiger partial charge on any atom is -0.487 e. The molecule has 3 fully saturated rings.